The smallest absolute Gasteiger partial charge is 0.150 e. The van der Waals surface area contributed by atoms with Gasteiger partial charge in [-0.3, -0.25) is 15.5 Å². The van der Waals surface area contributed by atoms with Crippen LogP contribution in [0, 0.1) is 0 Å². The number of aldehydes is 1. The fraction of sp³-hybridized carbons (Fsp3) is 0.222. The summed E-state index contributed by atoms with van der Waals surface area (Å²) in [7, 11) is 0. The van der Waals surface area contributed by atoms with Crippen LogP contribution in [0.25, 0.3) is 0 Å². The fourth-order valence-electron chi connectivity index (χ4n) is 1.08. The molecular weight excluding hydrogens is 154 g/mol. The van der Waals surface area contributed by atoms with Crippen LogP contribution in [0.5, 0.6) is 0 Å². The molecule has 1 aromatic carbocycles. The summed E-state index contributed by atoms with van der Waals surface area (Å²) in [5, 5.41) is 8.70. The zero-order valence-electron chi connectivity index (χ0n) is 6.87. The van der Waals surface area contributed by atoms with E-state index in [0.29, 0.717) is 11.3 Å². The highest BCUT2D eigenvalue weighted by Gasteiger charge is 1.99. The van der Waals surface area contributed by atoms with Crippen molar-refractivity contribution in [2.75, 3.05) is 5.48 Å². The van der Waals surface area contributed by atoms with Crippen molar-refractivity contribution >= 4 is 12.0 Å². The average molecular weight is 165 g/mol. The Bertz CT molecular complexity index is 284. The van der Waals surface area contributed by atoms with Crippen LogP contribution in [0.1, 0.15) is 22.8 Å². The van der Waals surface area contributed by atoms with E-state index in [1.165, 1.54) is 0 Å². The Morgan fingerprint density at radius 2 is 2.33 bits per heavy atom. The van der Waals surface area contributed by atoms with E-state index in [4.69, 9.17) is 5.21 Å². The molecule has 12 heavy (non-hydrogen) atoms. The molecule has 1 aromatic rings. The van der Waals surface area contributed by atoms with Crippen molar-refractivity contribution in [2.24, 2.45) is 0 Å². The third-order valence-corrected chi connectivity index (χ3v) is 1.77. The molecule has 64 valence electrons. The van der Waals surface area contributed by atoms with Crippen molar-refractivity contribution in [2.45, 2.75) is 13.3 Å². The lowest BCUT2D eigenvalue weighted by atomic mass is 10.1. The van der Waals surface area contributed by atoms with Crippen LogP contribution in [0.15, 0.2) is 18.2 Å². The van der Waals surface area contributed by atoms with Crippen LogP contribution in [-0.4, -0.2) is 11.5 Å². The van der Waals surface area contributed by atoms with Gasteiger partial charge in [0.25, 0.3) is 0 Å². The van der Waals surface area contributed by atoms with Gasteiger partial charge < -0.3 is 0 Å². The quantitative estimate of drug-likeness (QED) is 0.531. The maximum atomic E-state index is 10.4. The predicted octanol–water partition coefficient (Wildman–Crippen LogP) is 1.86. The predicted molar refractivity (Wildman–Crippen MR) is 46.6 cm³/mol. The van der Waals surface area contributed by atoms with Crippen LogP contribution in [0.2, 0.25) is 0 Å². The van der Waals surface area contributed by atoms with Crippen molar-refractivity contribution in [1.29, 1.82) is 0 Å². The van der Waals surface area contributed by atoms with Crippen LogP contribution >= 0.6 is 0 Å². The minimum atomic E-state index is 0.559. The van der Waals surface area contributed by atoms with E-state index in [1.807, 2.05) is 13.0 Å². The molecule has 0 atom stereocenters. The molecule has 0 amide bonds. The van der Waals surface area contributed by atoms with Gasteiger partial charge >= 0.3 is 0 Å². The van der Waals surface area contributed by atoms with Gasteiger partial charge in [-0.15, -0.1) is 0 Å². The molecule has 0 aliphatic rings. The van der Waals surface area contributed by atoms with Gasteiger partial charge in [0.05, 0.1) is 5.69 Å². The maximum Gasteiger partial charge on any atom is 0.150 e. The number of aryl methyl sites for hydroxylation is 1. The van der Waals surface area contributed by atoms with Crippen LogP contribution in [-0.2, 0) is 6.42 Å². The lowest BCUT2D eigenvalue weighted by Crippen LogP contribution is -1.96. The first-order valence-corrected chi connectivity index (χ1v) is 3.80. The highest BCUT2D eigenvalue weighted by molar-refractivity contribution is 5.77. The normalized spacial score (nSPS) is 9.50. The number of carbonyl (C=O) groups is 1. The summed E-state index contributed by atoms with van der Waals surface area (Å²) in [4.78, 5) is 10.4. The summed E-state index contributed by atoms with van der Waals surface area (Å²) in [6.45, 7) is 1.98. The molecule has 0 saturated heterocycles. The number of anilines is 1. The highest BCUT2D eigenvalue weighted by atomic mass is 16.5. The Balaban J connectivity index is 3.10. The van der Waals surface area contributed by atoms with E-state index in [9.17, 15) is 4.79 Å². The Morgan fingerprint density at radius 1 is 1.58 bits per heavy atom. The number of hydrogen-bond acceptors (Lipinski definition) is 3. The Morgan fingerprint density at radius 3 is 2.83 bits per heavy atom. The summed E-state index contributed by atoms with van der Waals surface area (Å²) in [6.07, 6.45) is 1.57. The van der Waals surface area contributed by atoms with E-state index >= 15 is 0 Å². The standard InChI is InChI=1S/C9H11NO2/c1-2-8-4-3-7(6-11)5-9(8)10-12/h3-6,10,12H,2H2,1H3. The summed E-state index contributed by atoms with van der Waals surface area (Å²) in [6, 6.07) is 5.17. The zero-order chi connectivity index (χ0) is 8.97. The SMILES string of the molecule is CCc1ccc(C=O)cc1NO. The topological polar surface area (TPSA) is 49.3 Å². The second kappa shape index (κ2) is 3.88. The molecule has 0 aliphatic carbocycles. The first-order valence-electron chi connectivity index (χ1n) is 3.80. The molecule has 0 aliphatic heterocycles. The van der Waals surface area contributed by atoms with E-state index in [-0.39, 0.29) is 0 Å². The minimum absolute atomic E-state index is 0.559. The average Bonchev–Trinajstić information content (AvgIpc) is 2.16. The monoisotopic (exact) mass is 165 g/mol. The zero-order valence-corrected chi connectivity index (χ0v) is 6.87. The molecule has 1 rings (SSSR count). The molecule has 0 heterocycles. The lowest BCUT2D eigenvalue weighted by Gasteiger charge is -2.05. The molecular formula is C9H11NO2. The Hall–Kier alpha value is -1.35. The number of benzene rings is 1. The molecule has 2 N–H and O–H groups in total. The summed E-state index contributed by atoms with van der Waals surface area (Å²) in [5.41, 5.74) is 4.21. The molecule has 3 heteroatoms. The van der Waals surface area contributed by atoms with Crippen molar-refractivity contribution < 1.29 is 10.0 Å². The third-order valence-electron chi connectivity index (χ3n) is 1.77. The largest absolute Gasteiger partial charge is 0.298 e. The Kier molecular flexibility index (Phi) is 2.82. The second-order valence-electron chi connectivity index (χ2n) is 2.50. The van der Waals surface area contributed by atoms with Gasteiger partial charge in [-0.1, -0.05) is 19.1 Å². The van der Waals surface area contributed by atoms with Gasteiger partial charge in [-0.05, 0) is 18.1 Å². The van der Waals surface area contributed by atoms with Crippen LogP contribution in [0.4, 0.5) is 5.69 Å². The van der Waals surface area contributed by atoms with Crippen LogP contribution < -0.4 is 5.48 Å². The molecule has 0 fully saturated rings. The van der Waals surface area contributed by atoms with Gasteiger partial charge in [0, 0.05) is 5.56 Å². The van der Waals surface area contributed by atoms with E-state index in [2.05, 4.69) is 5.48 Å². The lowest BCUT2D eigenvalue weighted by molar-refractivity contribution is 0.112. The minimum Gasteiger partial charge on any atom is -0.298 e. The molecule has 0 radical (unpaired) electrons. The van der Waals surface area contributed by atoms with Crippen molar-refractivity contribution in [1.82, 2.24) is 0 Å². The number of hydrogen-bond donors (Lipinski definition) is 2. The van der Waals surface area contributed by atoms with Gasteiger partial charge in [0.15, 0.2) is 0 Å². The third kappa shape index (κ3) is 1.62. The van der Waals surface area contributed by atoms with E-state index in [0.717, 1.165) is 18.3 Å². The van der Waals surface area contributed by atoms with Gasteiger partial charge in [0.2, 0.25) is 0 Å². The maximum absolute atomic E-state index is 10.4. The molecule has 3 nitrogen and oxygen atoms in total. The fourth-order valence-corrected chi connectivity index (χ4v) is 1.08. The molecule has 0 spiro atoms. The van der Waals surface area contributed by atoms with E-state index in [1.54, 1.807) is 12.1 Å². The first-order chi connectivity index (χ1) is 5.81. The Labute approximate surface area is 71.0 Å². The number of rotatable bonds is 3. The van der Waals surface area contributed by atoms with Crippen molar-refractivity contribution in [3.8, 4) is 0 Å². The van der Waals surface area contributed by atoms with Gasteiger partial charge in [0.1, 0.15) is 6.29 Å². The summed E-state index contributed by atoms with van der Waals surface area (Å²) < 4.78 is 0. The van der Waals surface area contributed by atoms with E-state index < -0.39 is 0 Å². The molecule has 0 aromatic heterocycles. The molecule has 0 unspecified atom stereocenters. The van der Waals surface area contributed by atoms with Gasteiger partial charge in [-0.25, -0.2) is 0 Å². The number of carbonyl (C=O) groups excluding carboxylic acids is 1. The van der Waals surface area contributed by atoms with Crippen LogP contribution in [0.3, 0.4) is 0 Å². The first kappa shape index (κ1) is 8.74. The molecule has 0 saturated carbocycles. The van der Waals surface area contributed by atoms with Gasteiger partial charge in [-0.2, -0.15) is 0 Å². The van der Waals surface area contributed by atoms with Crippen molar-refractivity contribution in [3.63, 3.8) is 0 Å². The highest BCUT2D eigenvalue weighted by Crippen LogP contribution is 2.16. The summed E-state index contributed by atoms with van der Waals surface area (Å²) >= 11 is 0. The van der Waals surface area contributed by atoms with Crippen molar-refractivity contribution in [3.05, 3.63) is 29.3 Å². The molecule has 0 bridgehead atoms. The second-order valence-corrected chi connectivity index (χ2v) is 2.50. The number of nitrogens with one attached hydrogen (secondary N) is 1. The summed E-state index contributed by atoms with van der Waals surface area (Å²) in [5.74, 6) is 0.